The molecule has 0 saturated carbocycles. The summed E-state index contributed by atoms with van der Waals surface area (Å²) in [5, 5.41) is 13.3. The summed E-state index contributed by atoms with van der Waals surface area (Å²) in [6.07, 6.45) is 2.38. The van der Waals surface area contributed by atoms with Gasteiger partial charge < -0.3 is 0 Å². The third-order valence-electron chi connectivity index (χ3n) is 1.21. The zero-order valence-corrected chi connectivity index (χ0v) is 6.75. The Labute approximate surface area is 69.5 Å². The second-order valence-electron chi connectivity index (χ2n) is 2.03. The minimum atomic E-state index is -3.83. The minimum Gasteiger partial charge on any atom is -0.263 e. The number of rotatable bonds is 1. The average Bonchev–Trinajstić information content (AvgIpc) is 2.03. The van der Waals surface area contributed by atoms with E-state index in [2.05, 4.69) is 4.98 Å². The lowest BCUT2D eigenvalue weighted by Crippen LogP contribution is -2.13. The van der Waals surface area contributed by atoms with Crippen molar-refractivity contribution in [2.75, 3.05) is 0 Å². The molecule has 0 bridgehead atoms. The molecule has 0 aliphatic heterocycles. The van der Waals surface area contributed by atoms with Gasteiger partial charge in [-0.05, 0) is 6.07 Å². The standard InChI is InChI=1S/C6H5N3O2S/c7-3-5-1-2-9-4-6(5)12(8,10)11/h1-2,4H,(H2,8,10,11). The van der Waals surface area contributed by atoms with Crippen LogP contribution >= 0.6 is 0 Å². The Bertz CT molecular complexity index is 432. The molecule has 0 atom stereocenters. The molecular formula is C6H5N3O2S. The number of aromatic nitrogens is 1. The molecule has 2 N–H and O–H groups in total. The van der Waals surface area contributed by atoms with Gasteiger partial charge in [0.25, 0.3) is 0 Å². The first-order valence-corrected chi connectivity index (χ1v) is 4.47. The van der Waals surface area contributed by atoms with Gasteiger partial charge in [-0.2, -0.15) is 5.26 Å². The number of hydrogen-bond acceptors (Lipinski definition) is 4. The van der Waals surface area contributed by atoms with Crippen LogP contribution in [-0.4, -0.2) is 13.4 Å². The van der Waals surface area contributed by atoms with E-state index in [1.807, 2.05) is 0 Å². The van der Waals surface area contributed by atoms with Crippen molar-refractivity contribution in [3.05, 3.63) is 24.0 Å². The first-order valence-electron chi connectivity index (χ1n) is 2.92. The third kappa shape index (κ3) is 1.58. The molecule has 0 amide bonds. The van der Waals surface area contributed by atoms with Crippen molar-refractivity contribution in [2.45, 2.75) is 4.90 Å². The lowest BCUT2D eigenvalue weighted by molar-refractivity contribution is 0.597. The zero-order valence-electron chi connectivity index (χ0n) is 5.93. The molecule has 1 aromatic heterocycles. The highest BCUT2D eigenvalue weighted by atomic mass is 32.2. The lowest BCUT2D eigenvalue weighted by Gasteiger charge is -1.97. The van der Waals surface area contributed by atoms with Crippen molar-refractivity contribution < 1.29 is 8.42 Å². The van der Waals surface area contributed by atoms with Crippen LogP contribution in [0.3, 0.4) is 0 Å². The predicted molar refractivity (Wildman–Crippen MR) is 40.3 cm³/mol. The fraction of sp³-hybridized carbons (Fsp3) is 0. The van der Waals surface area contributed by atoms with Crippen LogP contribution in [-0.2, 0) is 10.0 Å². The Morgan fingerprint density at radius 3 is 2.67 bits per heavy atom. The van der Waals surface area contributed by atoms with E-state index < -0.39 is 10.0 Å². The largest absolute Gasteiger partial charge is 0.263 e. The quantitative estimate of drug-likeness (QED) is 0.640. The SMILES string of the molecule is N#Cc1ccncc1S(N)(=O)=O. The summed E-state index contributed by atoms with van der Waals surface area (Å²) >= 11 is 0. The third-order valence-corrected chi connectivity index (χ3v) is 2.15. The summed E-state index contributed by atoms with van der Waals surface area (Å²) in [4.78, 5) is 3.31. The van der Waals surface area contributed by atoms with Crippen molar-refractivity contribution in [1.82, 2.24) is 4.98 Å². The van der Waals surface area contributed by atoms with E-state index in [9.17, 15) is 8.42 Å². The van der Waals surface area contributed by atoms with Crippen molar-refractivity contribution in [1.29, 1.82) is 5.26 Å². The van der Waals surface area contributed by atoms with Crippen LogP contribution in [0.2, 0.25) is 0 Å². The highest BCUT2D eigenvalue weighted by molar-refractivity contribution is 7.89. The maximum Gasteiger partial charge on any atom is 0.240 e. The van der Waals surface area contributed by atoms with Crippen LogP contribution < -0.4 is 5.14 Å². The summed E-state index contributed by atoms with van der Waals surface area (Å²) in [5.41, 5.74) is 0.00694. The van der Waals surface area contributed by atoms with Crippen molar-refractivity contribution in [3.8, 4) is 6.07 Å². The summed E-state index contributed by atoms with van der Waals surface area (Å²) in [7, 11) is -3.83. The second-order valence-corrected chi connectivity index (χ2v) is 3.56. The lowest BCUT2D eigenvalue weighted by atomic mass is 10.3. The van der Waals surface area contributed by atoms with E-state index in [1.54, 1.807) is 6.07 Å². The molecule has 0 aliphatic rings. The number of nitrogens with two attached hydrogens (primary N) is 1. The minimum absolute atomic E-state index is 0.00694. The molecule has 6 heteroatoms. The molecule has 0 radical (unpaired) electrons. The van der Waals surface area contributed by atoms with Crippen molar-refractivity contribution in [2.24, 2.45) is 5.14 Å². The van der Waals surface area contributed by atoms with Gasteiger partial charge >= 0.3 is 0 Å². The van der Waals surface area contributed by atoms with Crippen molar-refractivity contribution in [3.63, 3.8) is 0 Å². The molecule has 5 nitrogen and oxygen atoms in total. The summed E-state index contributed by atoms with van der Waals surface area (Å²) in [6, 6.07) is 2.99. The van der Waals surface area contributed by atoms with Gasteiger partial charge in [0.05, 0.1) is 5.56 Å². The number of hydrogen-bond donors (Lipinski definition) is 1. The molecule has 0 spiro atoms. The topological polar surface area (TPSA) is 96.8 Å². The van der Waals surface area contributed by atoms with Gasteiger partial charge in [-0.1, -0.05) is 0 Å². The highest BCUT2D eigenvalue weighted by Gasteiger charge is 2.12. The maximum absolute atomic E-state index is 10.8. The van der Waals surface area contributed by atoms with Crippen LogP contribution in [0.1, 0.15) is 5.56 Å². The molecule has 1 rings (SSSR count). The Hall–Kier alpha value is -1.45. The van der Waals surface area contributed by atoms with E-state index >= 15 is 0 Å². The predicted octanol–water partition coefficient (Wildman–Crippen LogP) is -0.399. The van der Waals surface area contributed by atoms with Crippen LogP contribution in [0.4, 0.5) is 0 Å². The van der Waals surface area contributed by atoms with Gasteiger partial charge in [-0.15, -0.1) is 0 Å². The number of primary sulfonamides is 1. The molecule has 0 saturated heterocycles. The van der Waals surface area contributed by atoms with E-state index in [4.69, 9.17) is 10.4 Å². The van der Waals surface area contributed by atoms with Gasteiger partial charge in [0.2, 0.25) is 10.0 Å². The first kappa shape index (κ1) is 8.64. The van der Waals surface area contributed by atoms with Gasteiger partial charge in [0.1, 0.15) is 11.0 Å². The number of nitrogens with zero attached hydrogens (tertiary/aromatic N) is 2. The van der Waals surface area contributed by atoms with E-state index in [1.165, 1.54) is 12.3 Å². The molecule has 0 aliphatic carbocycles. The molecule has 0 fully saturated rings. The molecule has 1 aromatic rings. The Morgan fingerprint density at radius 2 is 2.25 bits per heavy atom. The van der Waals surface area contributed by atoms with Crippen LogP contribution in [0.25, 0.3) is 0 Å². The molecule has 0 aromatic carbocycles. The summed E-state index contributed by atoms with van der Waals surface area (Å²) < 4.78 is 21.6. The Balaban J connectivity index is 3.47. The maximum atomic E-state index is 10.8. The van der Waals surface area contributed by atoms with E-state index in [0.717, 1.165) is 6.20 Å². The van der Waals surface area contributed by atoms with Crippen LogP contribution in [0.5, 0.6) is 0 Å². The zero-order chi connectivity index (χ0) is 9.19. The molecule has 62 valence electrons. The molecule has 1 heterocycles. The fourth-order valence-corrected chi connectivity index (χ4v) is 1.33. The molecule has 0 unspecified atom stereocenters. The average molecular weight is 183 g/mol. The summed E-state index contributed by atoms with van der Waals surface area (Å²) in [6.45, 7) is 0. The van der Waals surface area contributed by atoms with Gasteiger partial charge in [0.15, 0.2) is 0 Å². The van der Waals surface area contributed by atoms with E-state index in [0.29, 0.717) is 0 Å². The van der Waals surface area contributed by atoms with Crippen molar-refractivity contribution >= 4 is 10.0 Å². The fourth-order valence-electron chi connectivity index (χ4n) is 0.699. The van der Waals surface area contributed by atoms with Crippen LogP contribution in [0.15, 0.2) is 23.4 Å². The summed E-state index contributed by atoms with van der Waals surface area (Å²) in [5.74, 6) is 0. The Morgan fingerprint density at radius 1 is 1.58 bits per heavy atom. The number of pyridine rings is 1. The monoisotopic (exact) mass is 183 g/mol. The van der Waals surface area contributed by atoms with Gasteiger partial charge in [-0.25, -0.2) is 13.6 Å². The molecule has 12 heavy (non-hydrogen) atoms. The first-order chi connectivity index (χ1) is 5.55. The number of sulfonamides is 1. The molecular weight excluding hydrogens is 178 g/mol. The Kier molecular flexibility index (Phi) is 2.08. The van der Waals surface area contributed by atoms with Gasteiger partial charge in [0, 0.05) is 12.4 Å². The smallest absolute Gasteiger partial charge is 0.240 e. The van der Waals surface area contributed by atoms with E-state index in [-0.39, 0.29) is 10.5 Å². The highest BCUT2D eigenvalue weighted by Crippen LogP contribution is 2.09. The van der Waals surface area contributed by atoms with Crippen LogP contribution in [0, 0.1) is 11.3 Å². The van der Waals surface area contributed by atoms with Gasteiger partial charge in [-0.3, -0.25) is 4.98 Å². The second kappa shape index (κ2) is 2.89. The normalized spacial score (nSPS) is 10.7. The number of nitriles is 1.